The molecule has 0 aromatic carbocycles. The fraction of sp³-hybridized carbons (Fsp3) is 0.429. The van der Waals surface area contributed by atoms with Crippen molar-refractivity contribution in [3.63, 3.8) is 0 Å². The first-order valence-corrected chi connectivity index (χ1v) is 6.05. The van der Waals surface area contributed by atoms with Crippen molar-refractivity contribution in [3.05, 3.63) is 20.6 Å². The Kier molecular flexibility index (Phi) is 4.23. The largest absolute Gasteiger partial charge is 0.342 e. The summed E-state index contributed by atoms with van der Waals surface area (Å²) in [5.74, 6) is 0.243. The molecule has 0 saturated carbocycles. The highest BCUT2D eigenvalue weighted by atomic mass is 79.9. The van der Waals surface area contributed by atoms with Crippen molar-refractivity contribution in [3.8, 4) is 0 Å². The van der Waals surface area contributed by atoms with Crippen molar-refractivity contribution in [1.82, 2.24) is 9.97 Å². The molecule has 0 amide bonds. The van der Waals surface area contributed by atoms with Gasteiger partial charge in [-0.3, -0.25) is 0 Å². The maximum atomic E-state index is 5.69. The number of alkyl halides is 3. The zero-order valence-corrected chi connectivity index (χ0v) is 11.7. The van der Waals surface area contributed by atoms with Crippen LogP contribution < -0.4 is 0 Å². The van der Waals surface area contributed by atoms with Gasteiger partial charge in [0.05, 0.1) is 4.47 Å². The normalized spacial score (nSPS) is 11.8. The van der Waals surface area contributed by atoms with E-state index in [1.54, 1.807) is 0 Å². The van der Waals surface area contributed by atoms with E-state index in [2.05, 4.69) is 25.9 Å². The molecule has 0 saturated heterocycles. The lowest BCUT2D eigenvalue weighted by Gasteiger charge is -2.12. The topological polar surface area (TPSA) is 28.7 Å². The van der Waals surface area contributed by atoms with Gasteiger partial charge in [-0.25, -0.2) is 4.98 Å². The summed E-state index contributed by atoms with van der Waals surface area (Å²) >= 11 is 25.4. The van der Waals surface area contributed by atoms with E-state index >= 15 is 0 Å². The van der Waals surface area contributed by atoms with Crippen LogP contribution in [0.1, 0.15) is 18.4 Å². The molecule has 1 rings (SSSR count). The molecule has 0 spiro atoms. The molecule has 1 aromatic heterocycles. The number of nitrogens with zero attached hydrogens (tertiary/aromatic N) is 1. The van der Waals surface area contributed by atoms with Gasteiger partial charge < -0.3 is 4.98 Å². The number of aryl methyl sites for hydroxylation is 1. The third-order valence-electron chi connectivity index (χ3n) is 1.56. The maximum Gasteiger partial charge on any atom is 0.248 e. The molecule has 0 aliphatic carbocycles. The summed E-state index contributed by atoms with van der Waals surface area (Å²) in [5.41, 5.74) is 0.867. The third-order valence-corrected chi connectivity index (χ3v) is 3.51. The quantitative estimate of drug-likeness (QED) is 0.612. The van der Waals surface area contributed by atoms with Crippen molar-refractivity contribution in [2.24, 2.45) is 0 Å². The summed E-state index contributed by atoms with van der Waals surface area (Å²) in [4.78, 5) is 6.89. The molecule has 0 unspecified atom stereocenters. The molecule has 0 radical (unpaired) electrons. The SMILES string of the molecule is CCc1[nH]c(C(Cl)(Cl)Cl)nc(=S)c1Br. The highest BCUT2D eigenvalue weighted by Crippen LogP contribution is 2.36. The molecule has 1 N–H and O–H groups in total. The lowest BCUT2D eigenvalue weighted by Crippen LogP contribution is -2.09. The van der Waals surface area contributed by atoms with Crippen LogP contribution in [0.25, 0.3) is 0 Å². The summed E-state index contributed by atoms with van der Waals surface area (Å²) in [5, 5.41) is 0. The Morgan fingerprint density at radius 3 is 2.50 bits per heavy atom. The predicted octanol–water partition coefficient (Wildman–Crippen LogP) is 4.29. The molecule has 2 nitrogen and oxygen atoms in total. The van der Waals surface area contributed by atoms with Gasteiger partial charge in [-0.05, 0) is 22.4 Å². The van der Waals surface area contributed by atoms with Gasteiger partial charge in [0.1, 0.15) is 4.64 Å². The first-order valence-electron chi connectivity index (χ1n) is 3.72. The van der Waals surface area contributed by atoms with Crippen molar-refractivity contribution < 1.29 is 0 Å². The lowest BCUT2D eigenvalue weighted by molar-refractivity contribution is 0.887. The molecule has 0 aliphatic rings. The smallest absolute Gasteiger partial charge is 0.248 e. The van der Waals surface area contributed by atoms with Crippen LogP contribution in [0.3, 0.4) is 0 Å². The minimum Gasteiger partial charge on any atom is -0.342 e. The fourth-order valence-electron chi connectivity index (χ4n) is 0.883. The summed E-state index contributed by atoms with van der Waals surface area (Å²) in [6, 6.07) is 0. The molecule has 0 fully saturated rings. The highest BCUT2D eigenvalue weighted by molar-refractivity contribution is 9.10. The van der Waals surface area contributed by atoms with Gasteiger partial charge in [-0.15, -0.1) is 0 Å². The molecule has 14 heavy (non-hydrogen) atoms. The second-order valence-corrected chi connectivity index (χ2v) is 6.00. The maximum absolute atomic E-state index is 5.69. The highest BCUT2D eigenvalue weighted by Gasteiger charge is 2.26. The van der Waals surface area contributed by atoms with E-state index in [0.29, 0.717) is 4.64 Å². The van der Waals surface area contributed by atoms with Gasteiger partial charge in [0.2, 0.25) is 3.79 Å². The number of aromatic amines is 1. The molecule has 0 aliphatic heterocycles. The number of nitrogens with one attached hydrogen (secondary N) is 1. The van der Waals surface area contributed by atoms with E-state index in [1.165, 1.54) is 0 Å². The number of H-pyrrole nitrogens is 1. The molecular weight excluding hydrogens is 330 g/mol. The number of hydrogen-bond acceptors (Lipinski definition) is 2. The predicted molar refractivity (Wildman–Crippen MR) is 65.7 cm³/mol. The second kappa shape index (κ2) is 4.66. The van der Waals surface area contributed by atoms with Crippen LogP contribution in [0.15, 0.2) is 4.47 Å². The van der Waals surface area contributed by atoms with Crippen LogP contribution in [-0.2, 0) is 10.2 Å². The number of halogens is 4. The number of hydrogen-bond donors (Lipinski definition) is 1. The molecule has 1 aromatic rings. The average Bonchev–Trinajstić information content (AvgIpc) is 2.07. The van der Waals surface area contributed by atoms with E-state index in [4.69, 9.17) is 47.0 Å². The van der Waals surface area contributed by atoms with E-state index in [1.807, 2.05) is 6.92 Å². The van der Waals surface area contributed by atoms with Crippen molar-refractivity contribution >= 4 is 63.0 Å². The zero-order chi connectivity index (χ0) is 10.9. The Morgan fingerprint density at radius 1 is 1.50 bits per heavy atom. The minimum atomic E-state index is -1.57. The van der Waals surface area contributed by atoms with E-state index < -0.39 is 3.79 Å². The fourth-order valence-corrected chi connectivity index (χ4v) is 1.83. The Morgan fingerprint density at radius 2 is 2.07 bits per heavy atom. The van der Waals surface area contributed by atoms with E-state index in [9.17, 15) is 0 Å². The van der Waals surface area contributed by atoms with Crippen LogP contribution >= 0.6 is 63.0 Å². The van der Waals surface area contributed by atoms with E-state index in [-0.39, 0.29) is 5.82 Å². The molecule has 78 valence electrons. The number of rotatable bonds is 1. The second-order valence-electron chi connectivity index (χ2n) is 2.53. The zero-order valence-electron chi connectivity index (χ0n) is 7.07. The van der Waals surface area contributed by atoms with Crippen molar-refractivity contribution in [2.45, 2.75) is 17.1 Å². The molecule has 7 heteroatoms. The van der Waals surface area contributed by atoms with Crippen LogP contribution in [0.4, 0.5) is 0 Å². The summed E-state index contributed by atoms with van der Waals surface area (Å²) < 4.78 is -0.437. The summed E-state index contributed by atoms with van der Waals surface area (Å²) in [6.45, 7) is 1.97. The van der Waals surface area contributed by atoms with Crippen molar-refractivity contribution in [1.29, 1.82) is 0 Å². The summed E-state index contributed by atoms with van der Waals surface area (Å²) in [7, 11) is 0. The lowest BCUT2D eigenvalue weighted by atomic mass is 10.3. The first-order chi connectivity index (χ1) is 6.36. The van der Waals surface area contributed by atoms with Gasteiger partial charge in [-0.2, -0.15) is 0 Å². The Hall–Kier alpha value is 0.650. The van der Waals surface area contributed by atoms with Crippen LogP contribution in [0, 0.1) is 4.64 Å². The Bertz CT molecular complexity index is 399. The van der Waals surface area contributed by atoms with Gasteiger partial charge in [0.15, 0.2) is 5.82 Å². The Balaban J connectivity index is 3.38. The molecule has 0 bridgehead atoms. The Labute approximate surface area is 110 Å². The van der Waals surface area contributed by atoms with Gasteiger partial charge in [0, 0.05) is 5.69 Å². The third kappa shape index (κ3) is 2.83. The standard InChI is InChI=1S/C7H6BrCl3N2S/c1-2-3-4(8)5(14)13-6(12-3)7(9,10)11/h2H2,1H3,(H,12,13,14). The van der Waals surface area contributed by atoms with Crippen molar-refractivity contribution in [2.75, 3.05) is 0 Å². The molecule has 0 atom stereocenters. The molecule has 1 heterocycles. The van der Waals surface area contributed by atoms with Crippen LogP contribution in [0.2, 0.25) is 0 Å². The van der Waals surface area contributed by atoms with Gasteiger partial charge in [0.25, 0.3) is 0 Å². The van der Waals surface area contributed by atoms with Crippen LogP contribution in [0.5, 0.6) is 0 Å². The molecular formula is C7H6BrCl3N2S. The van der Waals surface area contributed by atoms with Gasteiger partial charge >= 0.3 is 0 Å². The monoisotopic (exact) mass is 334 g/mol. The average molecular weight is 336 g/mol. The van der Waals surface area contributed by atoms with Gasteiger partial charge in [-0.1, -0.05) is 53.9 Å². The summed E-state index contributed by atoms with van der Waals surface area (Å²) in [6.07, 6.45) is 0.750. The van der Waals surface area contributed by atoms with Crippen LogP contribution in [-0.4, -0.2) is 9.97 Å². The first kappa shape index (κ1) is 12.7. The minimum absolute atomic E-state index is 0.243. The number of aromatic nitrogens is 2. The van der Waals surface area contributed by atoms with E-state index in [0.717, 1.165) is 16.6 Å².